The number of ether oxygens (including phenoxy) is 3. The molecule has 0 bridgehead atoms. The van der Waals surface area contributed by atoms with E-state index in [4.69, 9.17) is 14.2 Å². The van der Waals surface area contributed by atoms with Gasteiger partial charge in [0.25, 0.3) is 5.91 Å². The summed E-state index contributed by atoms with van der Waals surface area (Å²) in [6.45, 7) is 4.62. The molecule has 0 saturated carbocycles. The van der Waals surface area contributed by atoms with Gasteiger partial charge in [0.05, 0.1) is 18.8 Å². The molecule has 1 heterocycles. The summed E-state index contributed by atoms with van der Waals surface area (Å²) in [4.78, 5) is 24.2. The van der Waals surface area contributed by atoms with E-state index in [0.717, 1.165) is 17.5 Å². The molecule has 136 valence electrons. The van der Waals surface area contributed by atoms with E-state index in [1.165, 1.54) is 0 Å². The molecule has 0 spiro atoms. The van der Waals surface area contributed by atoms with Gasteiger partial charge in [-0.1, -0.05) is 17.2 Å². The average Bonchev–Trinajstić information content (AvgIpc) is 2.83. The van der Waals surface area contributed by atoms with Gasteiger partial charge in [-0.2, -0.15) is 0 Å². The summed E-state index contributed by atoms with van der Waals surface area (Å²) in [5.41, 5.74) is 2.93. The fourth-order valence-corrected chi connectivity index (χ4v) is 2.75. The van der Waals surface area contributed by atoms with Gasteiger partial charge in [0, 0.05) is 18.2 Å². The van der Waals surface area contributed by atoms with E-state index in [2.05, 4.69) is 5.32 Å². The minimum atomic E-state index is -0.523. The molecule has 0 radical (unpaired) electrons. The SMILES string of the molecule is Cc1cc(C)cc(C(=O)OCC(=O)Nc2ccc3c(c2)OCCCO3)c1. The Balaban J connectivity index is 1.57. The van der Waals surface area contributed by atoms with Crippen LogP contribution in [0, 0.1) is 13.8 Å². The lowest BCUT2D eigenvalue weighted by molar-refractivity contribution is -0.119. The predicted octanol–water partition coefficient (Wildman–Crippen LogP) is 3.26. The van der Waals surface area contributed by atoms with Crippen LogP contribution < -0.4 is 14.8 Å². The van der Waals surface area contributed by atoms with Crippen LogP contribution in [-0.2, 0) is 9.53 Å². The highest BCUT2D eigenvalue weighted by molar-refractivity contribution is 5.95. The molecule has 6 nitrogen and oxygen atoms in total. The maximum atomic E-state index is 12.1. The first-order chi connectivity index (χ1) is 12.5. The first kappa shape index (κ1) is 17.8. The van der Waals surface area contributed by atoms with Gasteiger partial charge in [-0.05, 0) is 38.1 Å². The minimum Gasteiger partial charge on any atom is -0.490 e. The Morgan fingerprint density at radius 2 is 1.69 bits per heavy atom. The van der Waals surface area contributed by atoms with E-state index in [1.54, 1.807) is 30.3 Å². The molecule has 0 unspecified atom stereocenters. The van der Waals surface area contributed by atoms with Crippen LogP contribution in [0.25, 0.3) is 0 Å². The van der Waals surface area contributed by atoms with Crippen LogP contribution >= 0.6 is 0 Å². The summed E-state index contributed by atoms with van der Waals surface area (Å²) in [5.74, 6) is 0.303. The van der Waals surface area contributed by atoms with E-state index in [-0.39, 0.29) is 6.61 Å². The van der Waals surface area contributed by atoms with Crippen molar-refractivity contribution in [3.05, 3.63) is 53.1 Å². The van der Waals surface area contributed by atoms with Crippen molar-refractivity contribution in [1.82, 2.24) is 0 Å². The summed E-state index contributed by atoms with van der Waals surface area (Å²) < 4.78 is 16.2. The zero-order chi connectivity index (χ0) is 18.5. The van der Waals surface area contributed by atoms with Gasteiger partial charge in [0.2, 0.25) is 0 Å². The number of hydrogen-bond acceptors (Lipinski definition) is 5. The molecular weight excluding hydrogens is 334 g/mol. The number of carbonyl (C=O) groups is 2. The average molecular weight is 355 g/mol. The van der Waals surface area contributed by atoms with Crippen molar-refractivity contribution in [2.24, 2.45) is 0 Å². The number of amides is 1. The van der Waals surface area contributed by atoms with Crippen LogP contribution in [-0.4, -0.2) is 31.7 Å². The number of anilines is 1. The Kier molecular flexibility index (Phi) is 5.41. The summed E-state index contributed by atoms with van der Waals surface area (Å²) in [6.07, 6.45) is 0.810. The Bertz CT molecular complexity index is 811. The van der Waals surface area contributed by atoms with Gasteiger partial charge >= 0.3 is 5.97 Å². The Morgan fingerprint density at radius 1 is 1.00 bits per heavy atom. The van der Waals surface area contributed by atoms with Crippen molar-refractivity contribution in [3.8, 4) is 11.5 Å². The Hall–Kier alpha value is -3.02. The first-order valence-electron chi connectivity index (χ1n) is 8.46. The predicted molar refractivity (Wildman–Crippen MR) is 96.9 cm³/mol. The highest BCUT2D eigenvalue weighted by Gasteiger charge is 2.14. The van der Waals surface area contributed by atoms with Gasteiger partial charge in [-0.15, -0.1) is 0 Å². The number of nitrogens with one attached hydrogen (secondary N) is 1. The summed E-state index contributed by atoms with van der Waals surface area (Å²) in [6, 6.07) is 10.6. The van der Waals surface area contributed by atoms with Gasteiger partial charge in [0.15, 0.2) is 18.1 Å². The number of rotatable bonds is 4. The molecule has 2 aromatic carbocycles. The van der Waals surface area contributed by atoms with Crippen molar-refractivity contribution >= 4 is 17.6 Å². The number of hydrogen-bond donors (Lipinski definition) is 1. The van der Waals surface area contributed by atoms with Crippen LogP contribution in [0.3, 0.4) is 0 Å². The lowest BCUT2D eigenvalue weighted by atomic mass is 10.1. The van der Waals surface area contributed by atoms with E-state index in [9.17, 15) is 9.59 Å². The van der Waals surface area contributed by atoms with Gasteiger partial charge in [-0.3, -0.25) is 4.79 Å². The molecule has 0 saturated heterocycles. The van der Waals surface area contributed by atoms with E-state index >= 15 is 0 Å². The van der Waals surface area contributed by atoms with Gasteiger partial charge in [0.1, 0.15) is 0 Å². The second-order valence-corrected chi connectivity index (χ2v) is 6.21. The van der Waals surface area contributed by atoms with Crippen LogP contribution in [0.5, 0.6) is 11.5 Å². The van der Waals surface area contributed by atoms with E-state index in [1.807, 2.05) is 19.9 Å². The van der Waals surface area contributed by atoms with E-state index in [0.29, 0.717) is 36.0 Å². The highest BCUT2D eigenvalue weighted by Crippen LogP contribution is 2.32. The second-order valence-electron chi connectivity index (χ2n) is 6.21. The molecule has 1 N–H and O–H groups in total. The van der Waals surface area contributed by atoms with Crippen molar-refractivity contribution in [3.63, 3.8) is 0 Å². The topological polar surface area (TPSA) is 73.9 Å². The van der Waals surface area contributed by atoms with Crippen molar-refractivity contribution in [2.75, 3.05) is 25.1 Å². The molecule has 6 heteroatoms. The molecule has 1 amide bonds. The molecular formula is C20H21NO5. The standard InChI is InChI=1S/C20H21NO5/c1-13-8-14(2)10-15(9-13)20(23)26-12-19(22)21-16-4-5-17-18(11-16)25-7-3-6-24-17/h4-5,8-11H,3,6-7,12H2,1-2H3,(H,21,22). The van der Waals surface area contributed by atoms with Crippen LogP contribution in [0.15, 0.2) is 36.4 Å². The summed E-state index contributed by atoms with van der Waals surface area (Å²) in [7, 11) is 0. The molecule has 2 aromatic rings. The van der Waals surface area contributed by atoms with Crippen LogP contribution in [0.1, 0.15) is 27.9 Å². The first-order valence-corrected chi connectivity index (χ1v) is 8.46. The second kappa shape index (κ2) is 7.91. The summed E-state index contributed by atoms with van der Waals surface area (Å²) >= 11 is 0. The number of aryl methyl sites for hydroxylation is 2. The van der Waals surface area contributed by atoms with Gasteiger partial charge < -0.3 is 19.5 Å². The lowest BCUT2D eigenvalue weighted by Gasteiger charge is -2.11. The monoisotopic (exact) mass is 355 g/mol. The molecule has 26 heavy (non-hydrogen) atoms. The lowest BCUT2D eigenvalue weighted by Crippen LogP contribution is -2.21. The molecule has 1 aliphatic rings. The fraction of sp³-hybridized carbons (Fsp3) is 0.300. The number of fused-ring (bicyclic) bond motifs is 1. The minimum absolute atomic E-state index is 0.361. The molecule has 0 aromatic heterocycles. The zero-order valence-electron chi connectivity index (χ0n) is 14.8. The van der Waals surface area contributed by atoms with Crippen LogP contribution in [0.4, 0.5) is 5.69 Å². The van der Waals surface area contributed by atoms with Gasteiger partial charge in [-0.25, -0.2) is 4.79 Å². The molecule has 3 rings (SSSR count). The Labute approximate surface area is 152 Å². The third-order valence-corrected chi connectivity index (χ3v) is 3.82. The largest absolute Gasteiger partial charge is 0.490 e. The third-order valence-electron chi connectivity index (χ3n) is 3.82. The number of carbonyl (C=O) groups excluding carboxylic acids is 2. The fourth-order valence-electron chi connectivity index (χ4n) is 2.75. The maximum Gasteiger partial charge on any atom is 0.338 e. The zero-order valence-corrected chi connectivity index (χ0v) is 14.8. The molecule has 0 atom stereocenters. The third kappa shape index (κ3) is 4.53. The quantitative estimate of drug-likeness (QED) is 0.852. The number of benzene rings is 2. The smallest absolute Gasteiger partial charge is 0.338 e. The van der Waals surface area contributed by atoms with Crippen molar-refractivity contribution < 1.29 is 23.8 Å². The normalized spacial score (nSPS) is 12.8. The highest BCUT2D eigenvalue weighted by atomic mass is 16.5. The van der Waals surface area contributed by atoms with Crippen LogP contribution in [0.2, 0.25) is 0 Å². The molecule has 0 fully saturated rings. The maximum absolute atomic E-state index is 12.1. The molecule has 1 aliphatic heterocycles. The van der Waals surface area contributed by atoms with Crippen molar-refractivity contribution in [1.29, 1.82) is 0 Å². The summed E-state index contributed by atoms with van der Waals surface area (Å²) in [5, 5.41) is 2.69. The van der Waals surface area contributed by atoms with Crippen molar-refractivity contribution in [2.45, 2.75) is 20.3 Å². The Morgan fingerprint density at radius 3 is 2.42 bits per heavy atom. The van der Waals surface area contributed by atoms with E-state index < -0.39 is 11.9 Å². The number of esters is 1. The molecule has 0 aliphatic carbocycles.